The van der Waals surface area contributed by atoms with E-state index < -0.39 is 0 Å². The van der Waals surface area contributed by atoms with Crippen molar-refractivity contribution in [2.75, 3.05) is 11.7 Å². The van der Waals surface area contributed by atoms with Gasteiger partial charge in [0.15, 0.2) is 11.5 Å². The first-order valence-corrected chi connectivity index (χ1v) is 8.20. The average molecular weight is 332 g/mol. The summed E-state index contributed by atoms with van der Waals surface area (Å²) in [7, 11) is 0. The smallest absolute Gasteiger partial charge is 0.231 e. The topological polar surface area (TPSA) is 43.7 Å². The quantitative estimate of drug-likeness (QED) is 0.683. The lowest BCUT2D eigenvalue weighted by Crippen LogP contribution is -2.38. The molecule has 0 spiro atoms. The van der Waals surface area contributed by atoms with E-state index in [2.05, 4.69) is 10.6 Å². The molecule has 0 fully saturated rings. The van der Waals surface area contributed by atoms with Crippen LogP contribution >= 0.6 is 0 Å². The Morgan fingerprint density at radius 3 is 2.64 bits per heavy atom. The second kappa shape index (κ2) is 5.14. The van der Waals surface area contributed by atoms with Crippen LogP contribution in [-0.4, -0.2) is 17.3 Å². The molecule has 1 amide bonds. The van der Waals surface area contributed by atoms with Gasteiger partial charge in [-0.2, -0.15) is 0 Å². The number of hydrogen-bond donors (Lipinski definition) is 0. The summed E-state index contributed by atoms with van der Waals surface area (Å²) in [5.74, 6) is 1.46. The minimum absolute atomic E-state index is 0.00238. The first-order valence-electron chi connectivity index (χ1n) is 8.20. The third kappa shape index (κ3) is 1.99. The molecule has 25 heavy (non-hydrogen) atoms. The Kier molecular flexibility index (Phi) is 2.91. The minimum atomic E-state index is -0.211. The second-order valence-electron chi connectivity index (χ2n) is 6.20. The monoisotopic (exact) mass is 332 g/mol. The average Bonchev–Trinajstić information content (AvgIpc) is 3.28. The fourth-order valence-corrected chi connectivity index (χ4v) is 3.73. The first-order chi connectivity index (χ1) is 12.2. The van der Waals surface area contributed by atoms with E-state index >= 15 is 0 Å². The SMILES string of the molecule is CC(=O)N1c2ccccc2-n2cccc2C1c1ccc2c(c1)OCO2. The maximum absolute atomic E-state index is 12.6. The molecule has 0 aliphatic carbocycles. The number of carbonyl (C=O) groups excluding carboxylic acids is 1. The van der Waals surface area contributed by atoms with E-state index in [4.69, 9.17) is 9.47 Å². The molecule has 5 rings (SSSR count). The zero-order valence-electron chi connectivity index (χ0n) is 13.7. The highest BCUT2D eigenvalue weighted by atomic mass is 16.7. The fourth-order valence-electron chi connectivity index (χ4n) is 3.73. The summed E-state index contributed by atoms with van der Waals surface area (Å²) in [5.41, 5.74) is 3.96. The van der Waals surface area contributed by atoms with Crippen LogP contribution in [0.25, 0.3) is 5.69 Å². The van der Waals surface area contributed by atoms with Crippen molar-refractivity contribution in [2.45, 2.75) is 13.0 Å². The predicted octanol–water partition coefficient (Wildman–Crippen LogP) is 3.66. The lowest BCUT2D eigenvalue weighted by molar-refractivity contribution is -0.117. The number of nitrogens with zero attached hydrogens (tertiary/aromatic N) is 2. The van der Waals surface area contributed by atoms with E-state index in [0.29, 0.717) is 0 Å². The molecule has 2 aliphatic rings. The summed E-state index contributed by atoms with van der Waals surface area (Å²) in [6.45, 7) is 1.84. The van der Waals surface area contributed by atoms with E-state index in [-0.39, 0.29) is 18.7 Å². The molecule has 124 valence electrons. The van der Waals surface area contributed by atoms with Crippen LogP contribution in [0.4, 0.5) is 5.69 Å². The Balaban J connectivity index is 1.74. The highest BCUT2D eigenvalue weighted by molar-refractivity contribution is 5.96. The molecule has 2 aliphatic heterocycles. The number of ether oxygens (including phenoxy) is 2. The lowest BCUT2D eigenvalue weighted by atomic mass is 9.97. The summed E-state index contributed by atoms with van der Waals surface area (Å²) >= 11 is 0. The Labute approximate surface area is 145 Å². The van der Waals surface area contributed by atoms with Gasteiger partial charge in [0.2, 0.25) is 12.7 Å². The zero-order valence-corrected chi connectivity index (χ0v) is 13.7. The van der Waals surface area contributed by atoms with Gasteiger partial charge in [-0.25, -0.2) is 0 Å². The van der Waals surface area contributed by atoms with Crippen LogP contribution in [0, 0.1) is 0 Å². The molecule has 1 unspecified atom stereocenters. The molecule has 0 bridgehead atoms. The van der Waals surface area contributed by atoms with E-state index in [1.54, 1.807) is 6.92 Å². The van der Waals surface area contributed by atoms with Crippen LogP contribution in [-0.2, 0) is 4.79 Å². The number of anilines is 1. The van der Waals surface area contributed by atoms with Gasteiger partial charge < -0.3 is 14.0 Å². The number of hydrogen-bond acceptors (Lipinski definition) is 3. The van der Waals surface area contributed by atoms with E-state index in [9.17, 15) is 4.79 Å². The third-order valence-electron chi connectivity index (χ3n) is 4.77. The van der Waals surface area contributed by atoms with Gasteiger partial charge in [0.25, 0.3) is 0 Å². The Bertz CT molecular complexity index is 992. The maximum atomic E-state index is 12.6. The van der Waals surface area contributed by atoms with Crippen LogP contribution in [0.1, 0.15) is 24.2 Å². The molecule has 5 heteroatoms. The molecule has 0 saturated carbocycles. The highest BCUT2D eigenvalue weighted by Gasteiger charge is 2.35. The molecule has 0 N–H and O–H groups in total. The van der Waals surface area contributed by atoms with Crippen LogP contribution < -0.4 is 14.4 Å². The van der Waals surface area contributed by atoms with Gasteiger partial charge in [0, 0.05) is 13.1 Å². The zero-order chi connectivity index (χ0) is 17.0. The number of rotatable bonds is 1. The van der Waals surface area contributed by atoms with Crippen LogP contribution in [0.5, 0.6) is 11.5 Å². The van der Waals surface area contributed by atoms with Crippen LogP contribution in [0.2, 0.25) is 0 Å². The van der Waals surface area contributed by atoms with Gasteiger partial charge in [0.05, 0.1) is 17.1 Å². The number of fused-ring (bicyclic) bond motifs is 4. The third-order valence-corrected chi connectivity index (χ3v) is 4.77. The summed E-state index contributed by atoms with van der Waals surface area (Å²) in [4.78, 5) is 14.4. The van der Waals surface area contributed by atoms with Crippen molar-refractivity contribution in [3.8, 4) is 17.2 Å². The molecule has 3 aromatic rings. The first kappa shape index (κ1) is 14.2. The lowest BCUT2D eigenvalue weighted by Gasteiger charge is -2.38. The molecule has 5 nitrogen and oxygen atoms in total. The van der Waals surface area contributed by atoms with Crippen LogP contribution in [0.3, 0.4) is 0 Å². The number of aromatic nitrogens is 1. The number of amides is 1. The fraction of sp³-hybridized carbons (Fsp3) is 0.150. The van der Waals surface area contributed by atoms with Gasteiger partial charge in [-0.3, -0.25) is 9.69 Å². The standard InChI is InChI=1S/C20H16N2O3/c1-13(23)22-16-6-3-2-5-15(16)21-10-4-7-17(21)20(22)14-8-9-18-19(11-14)25-12-24-18/h2-11,20H,12H2,1H3. The molecule has 0 saturated heterocycles. The number of benzene rings is 2. The molecule has 1 atom stereocenters. The largest absolute Gasteiger partial charge is 0.454 e. The van der Waals surface area contributed by atoms with E-state index in [1.165, 1.54) is 0 Å². The Morgan fingerprint density at radius 2 is 1.80 bits per heavy atom. The van der Waals surface area contributed by atoms with Gasteiger partial charge in [-0.15, -0.1) is 0 Å². The maximum Gasteiger partial charge on any atom is 0.231 e. The Morgan fingerprint density at radius 1 is 1.00 bits per heavy atom. The number of carbonyl (C=O) groups is 1. The van der Waals surface area contributed by atoms with Crippen molar-refractivity contribution < 1.29 is 14.3 Å². The van der Waals surface area contributed by atoms with Crippen molar-refractivity contribution in [1.82, 2.24) is 4.57 Å². The summed E-state index contributed by atoms with van der Waals surface area (Å²) in [6, 6.07) is 17.7. The molecular weight excluding hydrogens is 316 g/mol. The Hall–Kier alpha value is -3.21. The molecule has 1 aromatic heterocycles. The van der Waals surface area contributed by atoms with Crippen molar-refractivity contribution in [1.29, 1.82) is 0 Å². The highest BCUT2D eigenvalue weighted by Crippen LogP contribution is 2.44. The molecule has 3 heterocycles. The molecule has 2 aromatic carbocycles. The van der Waals surface area contributed by atoms with Crippen molar-refractivity contribution >= 4 is 11.6 Å². The minimum Gasteiger partial charge on any atom is -0.454 e. The number of para-hydroxylation sites is 2. The van der Waals surface area contributed by atoms with Crippen molar-refractivity contribution in [3.63, 3.8) is 0 Å². The van der Waals surface area contributed by atoms with E-state index in [0.717, 1.165) is 34.1 Å². The van der Waals surface area contributed by atoms with Gasteiger partial charge in [-0.1, -0.05) is 18.2 Å². The van der Waals surface area contributed by atoms with Crippen molar-refractivity contribution in [2.24, 2.45) is 0 Å². The van der Waals surface area contributed by atoms with Crippen molar-refractivity contribution in [3.05, 3.63) is 72.1 Å². The summed E-state index contributed by atoms with van der Waals surface area (Å²) in [6.07, 6.45) is 2.03. The second-order valence-corrected chi connectivity index (χ2v) is 6.20. The normalized spacial score (nSPS) is 17.2. The predicted molar refractivity (Wildman–Crippen MR) is 93.3 cm³/mol. The summed E-state index contributed by atoms with van der Waals surface area (Å²) in [5, 5.41) is 0. The van der Waals surface area contributed by atoms with Gasteiger partial charge in [-0.05, 0) is 42.0 Å². The molecular formula is C20H16N2O3. The van der Waals surface area contributed by atoms with Crippen LogP contribution in [0.15, 0.2) is 60.8 Å². The van der Waals surface area contributed by atoms with Gasteiger partial charge in [0.1, 0.15) is 6.04 Å². The molecule has 0 radical (unpaired) electrons. The summed E-state index contributed by atoms with van der Waals surface area (Å²) < 4.78 is 13.1. The van der Waals surface area contributed by atoms with E-state index in [1.807, 2.05) is 59.6 Å². The van der Waals surface area contributed by atoms with Gasteiger partial charge >= 0.3 is 0 Å².